The Balaban J connectivity index is 0.00000320. The van der Waals surface area contributed by atoms with Crippen LogP contribution in [0, 0.1) is 13.8 Å². The molecule has 2 unspecified atom stereocenters. The summed E-state index contributed by atoms with van der Waals surface area (Å²) in [7, 11) is 1.79. The Morgan fingerprint density at radius 3 is 2.40 bits per heavy atom. The Morgan fingerprint density at radius 1 is 1.27 bits per heavy atom. The van der Waals surface area contributed by atoms with Crippen molar-refractivity contribution in [2.75, 3.05) is 13.6 Å². The van der Waals surface area contributed by atoms with Gasteiger partial charge >= 0.3 is 6.09 Å². The normalized spacial score (nSPS) is 23.7. The third-order valence-electron chi connectivity index (χ3n) is 5.75. The number of hydrogen-bond acceptors (Lipinski definition) is 5. The van der Waals surface area contributed by atoms with E-state index >= 15 is 0 Å². The maximum atomic E-state index is 12.6. The van der Waals surface area contributed by atoms with Gasteiger partial charge in [-0.05, 0) is 66.7 Å². The summed E-state index contributed by atoms with van der Waals surface area (Å²) in [5.74, 6) is 1.67. The number of carbonyl (C=O) groups is 1. The van der Waals surface area contributed by atoms with Crippen molar-refractivity contribution in [3.05, 3.63) is 17.0 Å². The van der Waals surface area contributed by atoms with Crippen molar-refractivity contribution in [1.82, 2.24) is 20.7 Å². The standard InChI is InChI=1S/C21H35N5O3.HI/c1-13-18(14(2)29-25-13)9-10-23-19(22-6)24-15-11-16-7-8-17(12-15)26(16)20(27)28-21(3,4)5;/h15-17H,7-12H2,1-6H3,(H2,22,23,24);1H. The number of ether oxygens (including phenoxy) is 1. The van der Waals surface area contributed by atoms with Crippen molar-refractivity contribution in [2.45, 2.75) is 90.4 Å². The van der Waals surface area contributed by atoms with Gasteiger partial charge in [0.25, 0.3) is 0 Å². The highest BCUT2D eigenvalue weighted by Crippen LogP contribution is 2.36. The molecule has 1 aromatic rings. The highest BCUT2D eigenvalue weighted by molar-refractivity contribution is 14.0. The van der Waals surface area contributed by atoms with E-state index in [1.807, 2.05) is 39.5 Å². The van der Waals surface area contributed by atoms with Gasteiger partial charge < -0.3 is 24.8 Å². The fourth-order valence-electron chi connectivity index (χ4n) is 4.46. The van der Waals surface area contributed by atoms with E-state index in [0.29, 0.717) is 6.04 Å². The van der Waals surface area contributed by atoms with Crippen LogP contribution in [0.4, 0.5) is 4.79 Å². The number of amides is 1. The van der Waals surface area contributed by atoms with Crippen LogP contribution in [-0.4, -0.2) is 59.4 Å². The van der Waals surface area contributed by atoms with Gasteiger partial charge in [-0.3, -0.25) is 4.99 Å². The van der Waals surface area contributed by atoms with Crippen molar-refractivity contribution >= 4 is 36.0 Å². The van der Waals surface area contributed by atoms with E-state index < -0.39 is 5.60 Å². The number of aryl methyl sites for hydroxylation is 2. The second-order valence-corrected chi connectivity index (χ2v) is 9.14. The van der Waals surface area contributed by atoms with Crippen LogP contribution in [0.25, 0.3) is 0 Å². The Bertz CT molecular complexity index is 725. The van der Waals surface area contributed by atoms with Crippen molar-refractivity contribution in [3.8, 4) is 0 Å². The predicted molar refractivity (Wildman–Crippen MR) is 127 cm³/mol. The van der Waals surface area contributed by atoms with E-state index in [9.17, 15) is 4.79 Å². The number of guanidine groups is 1. The summed E-state index contributed by atoms with van der Waals surface area (Å²) in [5.41, 5.74) is 1.63. The SMILES string of the molecule is CN=C(NCCc1c(C)noc1C)NC1CC2CCC(C1)N2C(=O)OC(C)(C)C.I. The fraction of sp³-hybridized carbons (Fsp3) is 0.762. The van der Waals surface area contributed by atoms with Gasteiger partial charge in [-0.1, -0.05) is 5.16 Å². The summed E-state index contributed by atoms with van der Waals surface area (Å²) in [6.07, 6.45) is 4.58. The smallest absolute Gasteiger partial charge is 0.410 e. The van der Waals surface area contributed by atoms with Crippen LogP contribution in [0.15, 0.2) is 9.52 Å². The molecule has 3 rings (SSSR count). The summed E-state index contributed by atoms with van der Waals surface area (Å²) < 4.78 is 10.8. The molecule has 2 fully saturated rings. The highest BCUT2D eigenvalue weighted by atomic mass is 127. The molecule has 2 bridgehead atoms. The molecule has 3 heterocycles. The third-order valence-corrected chi connectivity index (χ3v) is 5.75. The number of hydrogen-bond donors (Lipinski definition) is 2. The molecule has 2 aliphatic rings. The molecule has 0 radical (unpaired) electrons. The molecule has 8 nitrogen and oxygen atoms in total. The van der Waals surface area contributed by atoms with E-state index in [1.165, 1.54) is 0 Å². The lowest BCUT2D eigenvalue weighted by molar-refractivity contribution is 0.00545. The van der Waals surface area contributed by atoms with Crippen LogP contribution in [0.5, 0.6) is 0 Å². The number of rotatable bonds is 4. The lowest BCUT2D eigenvalue weighted by atomic mass is 9.98. The molecule has 0 spiro atoms. The van der Waals surface area contributed by atoms with E-state index in [2.05, 4.69) is 20.8 Å². The minimum atomic E-state index is -0.460. The number of aromatic nitrogens is 1. The summed E-state index contributed by atoms with van der Waals surface area (Å²) in [6, 6.07) is 0.777. The first-order valence-corrected chi connectivity index (χ1v) is 10.6. The molecular formula is C21H36IN5O3. The molecule has 0 saturated carbocycles. The van der Waals surface area contributed by atoms with Gasteiger partial charge in [-0.2, -0.15) is 0 Å². The number of nitrogens with one attached hydrogen (secondary N) is 2. The first-order chi connectivity index (χ1) is 13.7. The van der Waals surface area contributed by atoms with Gasteiger partial charge in [-0.25, -0.2) is 4.79 Å². The molecule has 1 amide bonds. The number of carbonyl (C=O) groups excluding carboxylic acids is 1. The third kappa shape index (κ3) is 6.01. The average Bonchev–Trinajstić information content (AvgIpc) is 3.09. The van der Waals surface area contributed by atoms with Gasteiger partial charge in [0.15, 0.2) is 5.96 Å². The van der Waals surface area contributed by atoms with Crippen LogP contribution in [0.1, 0.15) is 63.5 Å². The molecule has 9 heteroatoms. The van der Waals surface area contributed by atoms with E-state index in [-0.39, 0.29) is 42.2 Å². The van der Waals surface area contributed by atoms with Crippen molar-refractivity contribution in [3.63, 3.8) is 0 Å². The van der Waals surface area contributed by atoms with Gasteiger partial charge in [0.05, 0.1) is 5.69 Å². The zero-order valence-electron chi connectivity index (χ0n) is 18.9. The Labute approximate surface area is 196 Å². The van der Waals surface area contributed by atoms with Crippen molar-refractivity contribution in [1.29, 1.82) is 0 Å². The summed E-state index contributed by atoms with van der Waals surface area (Å²) in [4.78, 5) is 18.9. The van der Waals surface area contributed by atoms with Crippen LogP contribution < -0.4 is 10.6 Å². The minimum Gasteiger partial charge on any atom is -0.444 e. The van der Waals surface area contributed by atoms with Crippen LogP contribution in [-0.2, 0) is 11.2 Å². The highest BCUT2D eigenvalue weighted by Gasteiger charge is 2.45. The van der Waals surface area contributed by atoms with Crippen molar-refractivity contribution < 1.29 is 14.1 Å². The minimum absolute atomic E-state index is 0. The van der Waals surface area contributed by atoms with Gasteiger partial charge in [0.2, 0.25) is 0 Å². The Hall–Kier alpha value is -1.52. The number of aliphatic imine (C=N–C) groups is 1. The molecule has 2 atom stereocenters. The second-order valence-electron chi connectivity index (χ2n) is 9.14. The maximum absolute atomic E-state index is 12.6. The van der Waals surface area contributed by atoms with Crippen LogP contribution in [0.3, 0.4) is 0 Å². The quantitative estimate of drug-likeness (QED) is 0.350. The van der Waals surface area contributed by atoms with E-state index in [4.69, 9.17) is 9.26 Å². The molecule has 0 aliphatic carbocycles. The van der Waals surface area contributed by atoms with Crippen molar-refractivity contribution in [2.24, 2.45) is 4.99 Å². The maximum Gasteiger partial charge on any atom is 0.410 e. The number of piperidine rings is 1. The first kappa shape index (κ1) is 24.7. The lowest BCUT2D eigenvalue weighted by Gasteiger charge is -2.40. The largest absolute Gasteiger partial charge is 0.444 e. The molecular weight excluding hydrogens is 497 g/mol. The summed E-state index contributed by atoms with van der Waals surface area (Å²) >= 11 is 0. The average molecular weight is 533 g/mol. The topological polar surface area (TPSA) is 92.0 Å². The molecule has 170 valence electrons. The van der Waals surface area contributed by atoms with Crippen LogP contribution in [0.2, 0.25) is 0 Å². The van der Waals surface area contributed by atoms with Gasteiger partial charge in [-0.15, -0.1) is 24.0 Å². The van der Waals surface area contributed by atoms with Crippen LogP contribution >= 0.6 is 24.0 Å². The lowest BCUT2D eigenvalue weighted by Crippen LogP contribution is -2.55. The molecule has 2 saturated heterocycles. The zero-order chi connectivity index (χ0) is 21.2. The summed E-state index contributed by atoms with van der Waals surface area (Å²) in [5, 5.41) is 10.9. The van der Waals surface area contributed by atoms with E-state index in [1.54, 1.807) is 7.05 Å². The number of nitrogens with zero attached hydrogens (tertiary/aromatic N) is 3. The predicted octanol–water partition coefficient (Wildman–Crippen LogP) is 3.55. The molecule has 30 heavy (non-hydrogen) atoms. The Kier molecular flexibility index (Phi) is 8.41. The van der Waals surface area contributed by atoms with Gasteiger partial charge in [0.1, 0.15) is 11.4 Å². The molecule has 2 aliphatic heterocycles. The zero-order valence-corrected chi connectivity index (χ0v) is 21.3. The fourth-order valence-corrected chi connectivity index (χ4v) is 4.46. The van der Waals surface area contributed by atoms with Gasteiger partial charge in [0, 0.05) is 37.3 Å². The second kappa shape index (κ2) is 10.2. The first-order valence-electron chi connectivity index (χ1n) is 10.6. The number of fused-ring (bicyclic) bond motifs is 2. The monoisotopic (exact) mass is 533 g/mol. The molecule has 2 N–H and O–H groups in total. The molecule has 0 aromatic carbocycles. The Morgan fingerprint density at radius 2 is 1.90 bits per heavy atom. The van der Waals surface area contributed by atoms with E-state index in [0.717, 1.165) is 61.6 Å². The summed E-state index contributed by atoms with van der Waals surface area (Å²) in [6.45, 7) is 10.4. The number of halogens is 1. The molecule has 1 aromatic heterocycles.